The number of carbonyl (C=O) groups excluding carboxylic acids is 2. The van der Waals surface area contributed by atoms with Gasteiger partial charge >= 0.3 is 11.9 Å². The van der Waals surface area contributed by atoms with Crippen LogP contribution in [-0.2, 0) is 20.7 Å². The highest BCUT2D eigenvalue weighted by Gasteiger charge is 2.53. The van der Waals surface area contributed by atoms with Crippen molar-refractivity contribution in [1.29, 1.82) is 0 Å². The Hall–Kier alpha value is -2.62. The molecule has 0 N–H and O–H groups in total. The molecule has 3 rings (SSSR count). The van der Waals surface area contributed by atoms with Crippen molar-refractivity contribution in [2.24, 2.45) is 5.92 Å². The van der Waals surface area contributed by atoms with Gasteiger partial charge in [0.25, 0.3) is 0 Å². The van der Waals surface area contributed by atoms with Crippen LogP contribution in [0.3, 0.4) is 0 Å². The number of ether oxygens (including phenoxy) is 2. The van der Waals surface area contributed by atoms with Gasteiger partial charge in [0.15, 0.2) is 0 Å². The van der Waals surface area contributed by atoms with Crippen LogP contribution in [0.2, 0.25) is 0 Å². The topological polar surface area (TPSA) is 52.6 Å². The first-order chi connectivity index (χ1) is 12.5. The predicted molar refractivity (Wildman–Crippen MR) is 98.8 cm³/mol. The summed E-state index contributed by atoms with van der Waals surface area (Å²) in [6.45, 7) is 2.04. The maximum atomic E-state index is 12.7. The second-order valence-electron chi connectivity index (χ2n) is 6.92. The first kappa shape index (κ1) is 18.2. The number of esters is 2. The van der Waals surface area contributed by atoms with Crippen molar-refractivity contribution in [3.63, 3.8) is 0 Å². The van der Waals surface area contributed by atoms with Gasteiger partial charge in [-0.1, -0.05) is 48.0 Å². The van der Waals surface area contributed by atoms with Gasteiger partial charge in [-0.2, -0.15) is 0 Å². The summed E-state index contributed by atoms with van der Waals surface area (Å²) in [6.07, 6.45) is 2.82. The van der Waals surface area contributed by atoms with Gasteiger partial charge in [0, 0.05) is 5.92 Å². The van der Waals surface area contributed by atoms with Crippen LogP contribution in [0.5, 0.6) is 0 Å². The van der Waals surface area contributed by atoms with Crippen LogP contribution in [0, 0.1) is 12.8 Å². The molecule has 1 aliphatic rings. The maximum Gasteiger partial charge on any atom is 0.350 e. The fourth-order valence-corrected chi connectivity index (χ4v) is 3.74. The molecule has 0 heterocycles. The molecule has 1 aliphatic carbocycles. The van der Waals surface area contributed by atoms with Gasteiger partial charge in [0.05, 0.1) is 12.7 Å². The molecule has 2 atom stereocenters. The standard InChI is InChI=1S/C22H24O4/c1-16-10-12-17(13-11-16)15-19-9-6-14-22(19,21(24)25-2)26-20(23)18-7-4-3-5-8-18/h3-5,7-8,10-13,19H,6,9,14-15H2,1-2H3. The molecular formula is C22H24O4. The van der Waals surface area contributed by atoms with E-state index in [1.54, 1.807) is 24.3 Å². The minimum Gasteiger partial charge on any atom is -0.466 e. The molecule has 136 valence electrons. The van der Waals surface area contributed by atoms with Crippen LogP contribution in [0.15, 0.2) is 54.6 Å². The molecule has 0 aliphatic heterocycles. The van der Waals surface area contributed by atoms with Crippen LogP contribution >= 0.6 is 0 Å². The Morgan fingerprint density at radius 2 is 1.77 bits per heavy atom. The van der Waals surface area contributed by atoms with Crippen LogP contribution in [0.25, 0.3) is 0 Å². The van der Waals surface area contributed by atoms with E-state index in [1.807, 2.05) is 13.0 Å². The lowest BCUT2D eigenvalue weighted by atomic mass is 9.85. The van der Waals surface area contributed by atoms with E-state index >= 15 is 0 Å². The molecule has 2 aromatic carbocycles. The van der Waals surface area contributed by atoms with Crippen molar-refractivity contribution in [2.45, 2.75) is 38.2 Å². The monoisotopic (exact) mass is 352 g/mol. The van der Waals surface area contributed by atoms with Crippen molar-refractivity contribution >= 4 is 11.9 Å². The first-order valence-electron chi connectivity index (χ1n) is 8.97. The largest absolute Gasteiger partial charge is 0.466 e. The van der Waals surface area contributed by atoms with Gasteiger partial charge in [-0.05, 0) is 50.3 Å². The van der Waals surface area contributed by atoms with Crippen LogP contribution in [0.1, 0.15) is 40.7 Å². The van der Waals surface area contributed by atoms with Crippen LogP contribution in [-0.4, -0.2) is 24.6 Å². The highest BCUT2D eigenvalue weighted by atomic mass is 16.6. The number of hydrogen-bond donors (Lipinski definition) is 0. The van der Waals surface area contributed by atoms with E-state index in [0.717, 1.165) is 18.4 Å². The zero-order chi connectivity index (χ0) is 18.6. The van der Waals surface area contributed by atoms with Crippen LogP contribution in [0.4, 0.5) is 0 Å². The molecule has 0 amide bonds. The van der Waals surface area contributed by atoms with E-state index in [4.69, 9.17) is 9.47 Å². The quantitative estimate of drug-likeness (QED) is 0.760. The third-order valence-electron chi connectivity index (χ3n) is 5.18. The van der Waals surface area contributed by atoms with Crippen molar-refractivity contribution < 1.29 is 19.1 Å². The predicted octanol–water partition coefficient (Wildman–Crippen LogP) is 4.11. The molecule has 0 saturated heterocycles. The molecule has 2 unspecified atom stereocenters. The zero-order valence-electron chi connectivity index (χ0n) is 15.2. The second kappa shape index (κ2) is 7.73. The third-order valence-corrected chi connectivity index (χ3v) is 5.18. The van der Waals surface area contributed by atoms with Crippen LogP contribution < -0.4 is 0 Å². The van der Waals surface area contributed by atoms with Gasteiger partial charge in [-0.3, -0.25) is 0 Å². The van der Waals surface area contributed by atoms with Crippen molar-refractivity contribution in [3.8, 4) is 0 Å². The summed E-state index contributed by atoms with van der Waals surface area (Å²) < 4.78 is 10.9. The fraction of sp³-hybridized carbons (Fsp3) is 0.364. The summed E-state index contributed by atoms with van der Waals surface area (Å²) in [5.74, 6) is -1.03. The Labute approximate surface area is 154 Å². The lowest BCUT2D eigenvalue weighted by Crippen LogP contribution is -2.48. The Balaban J connectivity index is 1.86. The second-order valence-corrected chi connectivity index (χ2v) is 6.92. The van der Waals surface area contributed by atoms with Crippen molar-refractivity contribution in [3.05, 3.63) is 71.3 Å². The van der Waals surface area contributed by atoms with Gasteiger partial charge in [0.2, 0.25) is 5.60 Å². The summed E-state index contributed by atoms with van der Waals surface area (Å²) in [5, 5.41) is 0. The Morgan fingerprint density at radius 3 is 2.42 bits per heavy atom. The summed E-state index contributed by atoms with van der Waals surface area (Å²) in [7, 11) is 1.35. The van der Waals surface area contributed by atoms with E-state index in [2.05, 4.69) is 24.3 Å². The minimum absolute atomic E-state index is 0.0923. The molecule has 1 fully saturated rings. The number of benzene rings is 2. The highest BCUT2D eigenvalue weighted by Crippen LogP contribution is 2.42. The SMILES string of the molecule is COC(=O)C1(OC(=O)c2ccccc2)CCCC1Cc1ccc(C)cc1. The number of hydrogen-bond acceptors (Lipinski definition) is 4. The molecule has 0 radical (unpaired) electrons. The lowest BCUT2D eigenvalue weighted by Gasteiger charge is -2.32. The third kappa shape index (κ3) is 3.64. The Bertz CT molecular complexity index is 766. The summed E-state index contributed by atoms with van der Waals surface area (Å²) in [4.78, 5) is 25.3. The molecule has 0 spiro atoms. The molecule has 4 nitrogen and oxygen atoms in total. The molecule has 2 aromatic rings. The van der Waals surface area contributed by atoms with Crippen molar-refractivity contribution in [1.82, 2.24) is 0 Å². The van der Waals surface area contributed by atoms with Gasteiger partial charge in [-0.25, -0.2) is 9.59 Å². The number of rotatable bonds is 5. The molecule has 0 bridgehead atoms. The van der Waals surface area contributed by atoms with Gasteiger partial charge in [0.1, 0.15) is 0 Å². The summed E-state index contributed by atoms with van der Waals surface area (Å²) in [5.41, 5.74) is 1.55. The average Bonchev–Trinajstić information content (AvgIpc) is 3.06. The van der Waals surface area contributed by atoms with E-state index in [-0.39, 0.29) is 5.92 Å². The van der Waals surface area contributed by atoms with Gasteiger partial charge in [-0.15, -0.1) is 0 Å². The summed E-state index contributed by atoms with van der Waals surface area (Å²) in [6, 6.07) is 17.0. The maximum absolute atomic E-state index is 12.7. The molecule has 4 heteroatoms. The fourth-order valence-electron chi connectivity index (χ4n) is 3.74. The van der Waals surface area contributed by atoms with E-state index in [0.29, 0.717) is 18.4 Å². The zero-order valence-corrected chi connectivity index (χ0v) is 15.2. The van der Waals surface area contributed by atoms with E-state index in [9.17, 15) is 9.59 Å². The molecular weight excluding hydrogens is 328 g/mol. The molecule has 0 aromatic heterocycles. The minimum atomic E-state index is -1.22. The highest BCUT2D eigenvalue weighted by molar-refractivity contribution is 5.93. The lowest BCUT2D eigenvalue weighted by molar-refractivity contribution is -0.167. The van der Waals surface area contributed by atoms with Gasteiger partial charge < -0.3 is 9.47 Å². The normalized spacial score (nSPS) is 22.0. The smallest absolute Gasteiger partial charge is 0.350 e. The first-order valence-corrected chi connectivity index (χ1v) is 8.97. The van der Waals surface area contributed by atoms with E-state index < -0.39 is 17.5 Å². The van der Waals surface area contributed by atoms with E-state index in [1.165, 1.54) is 12.7 Å². The average molecular weight is 352 g/mol. The Kier molecular flexibility index (Phi) is 5.40. The number of aryl methyl sites for hydroxylation is 1. The number of methoxy groups -OCH3 is 1. The number of carbonyl (C=O) groups is 2. The molecule has 1 saturated carbocycles. The summed E-state index contributed by atoms with van der Waals surface area (Å²) >= 11 is 0. The molecule has 26 heavy (non-hydrogen) atoms. The van der Waals surface area contributed by atoms with Crippen molar-refractivity contribution in [2.75, 3.05) is 7.11 Å². The Morgan fingerprint density at radius 1 is 1.08 bits per heavy atom.